The van der Waals surface area contributed by atoms with E-state index in [-0.39, 0.29) is 34.4 Å². The van der Waals surface area contributed by atoms with E-state index >= 15 is 0 Å². The van der Waals surface area contributed by atoms with Gasteiger partial charge in [0.25, 0.3) is 0 Å². The third-order valence-corrected chi connectivity index (χ3v) is 12.2. The Morgan fingerprint density at radius 2 is 1.69 bits per heavy atom. The van der Waals surface area contributed by atoms with Gasteiger partial charge in [-0.3, -0.25) is 14.4 Å². The van der Waals surface area contributed by atoms with Gasteiger partial charge in [0.1, 0.15) is 6.04 Å². The molecule has 3 heterocycles. The minimum Gasteiger partial charge on any atom is -0.396 e. The molecule has 6 atom stereocenters. The zero-order valence-corrected chi connectivity index (χ0v) is 25.8. The number of nitrogens with zero attached hydrogens (tertiary/aromatic N) is 1. The van der Waals surface area contributed by atoms with Crippen LogP contribution >= 0.6 is 27.7 Å². The molecular formula is C33H36BrN3O4S. The fraction of sp³-hybridized carbons (Fsp3) is 0.424. The van der Waals surface area contributed by atoms with Crippen LogP contribution in [0, 0.1) is 11.8 Å². The van der Waals surface area contributed by atoms with Crippen molar-refractivity contribution in [2.75, 3.05) is 18.5 Å². The number of likely N-dealkylation sites (tertiary alicyclic amines) is 1. The molecule has 1 spiro atoms. The Morgan fingerprint density at radius 1 is 0.952 bits per heavy atom. The number of fused-ring (bicyclic) bond motifs is 2. The summed E-state index contributed by atoms with van der Waals surface area (Å²) in [7, 11) is 0. The van der Waals surface area contributed by atoms with Gasteiger partial charge in [-0.1, -0.05) is 89.4 Å². The number of thioether (sulfide) groups is 1. The van der Waals surface area contributed by atoms with Gasteiger partial charge in [-0.2, -0.15) is 0 Å². The maximum atomic E-state index is 14.2. The zero-order chi connectivity index (χ0) is 29.3. The lowest BCUT2D eigenvalue weighted by atomic mass is 9.70. The Bertz CT molecular complexity index is 1470. The first-order valence-corrected chi connectivity index (χ1v) is 16.6. The molecule has 7 nitrogen and oxygen atoms in total. The number of aliphatic hydroxyl groups is 1. The summed E-state index contributed by atoms with van der Waals surface area (Å²) in [6.45, 7) is 0.999. The summed E-state index contributed by atoms with van der Waals surface area (Å²) in [6.07, 6.45) is 3.84. The third kappa shape index (κ3) is 5.35. The maximum Gasteiger partial charge on any atom is 0.248 e. The van der Waals surface area contributed by atoms with Crippen LogP contribution in [-0.2, 0) is 20.9 Å². The Balaban J connectivity index is 1.28. The number of halogens is 1. The number of carbonyl (C=O) groups excluding carboxylic acids is 3. The first-order chi connectivity index (χ1) is 20.4. The summed E-state index contributed by atoms with van der Waals surface area (Å²) in [5.74, 6) is -1.49. The van der Waals surface area contributed by atoms with Crippen LogP contribution in [0.1, 0.15) is 37.7 Å². The van der Waals surface area contributed by atoms with E-state index in [1.165, 1.54) is 0 Å². The van der Waals surface area contributed by atoms with E-state index in [9.17, 15) is 19.5 Å². The van der Waals surface area contributed by atoms with E-state index in [1.807, 2.05) is 72.8 Å². The lowest BCUT2D eigenvalue weighted by Gasteiger charge is -2.35. The van der Waals surface area contributed by atoms with Crippen LogP contribution in [0.15, 0.2) is 72.8 Å². The second-order valence-corrected chi connectivity index (χ2v) is 14.3. The molecule has 0 saturated carbocycles. The van der Waals surface area contributed by atoms with Crippen LogP contribution in [-0.4, -0.2) is 61.7 Å². The number of anilines is 1. The van der Waals surface area contributed by atoms with E-state index in [4.69, 9.17) is 0 Å². The van der Waals surface area contributed by atoms with Crippen molar-refractivity contribution in [2.24, 2.45) is 11.8 Å². The molecule has 6 rings (SSSR count). The zero-order valence-electron chi connectivity index (χ0n) is 23.4. The highest BCUT2D eigenvalue weighted by atomic mass is 79.9. The molecule has 9 heteroatoms. The molecule has 3 aromatic carbocycles. The smallest absolute Gasteiger partial charge is 0.248 e. The Kier molecular flexibility index (Phi) is 8.61. The van der Waals surface area contributed by atoms with Gasteiger partial charge in [0, 0.05) is 35.5 Å². The van der Waals surface area contributed by atoms with Crippen molar-refractivity contribution in [2.45, 2.75) is 59.5 Å². The third-order valence-electron chi connectivity index (χ3n) is 8.97. The molecule has 3 unspecified atom stereocenters. The summed E-state index contributed by atoms with van der Waals surface area (Å²) in [5.41, 5.74) is 1.70. The maximum absolute atomic E-state index is 14.2. The average Bonchev–Trinajstić information content (AvgIpc) is 3.59. The lowest BCUT2D eigenvalue weighted by Crippen LogP contribution is -2.53. The molecule has 3 N–H and O–H groups in total. The van der Waals surface area contributed by atoms with Crippen molar-refractivity contribution >= 4 is 61.9 Å². The summed E-state index contributed by atoms with van der Waals surface area (Å²) in [6, 6.07) is 22.9. The normalized spacial score (nSPS) is 27.8. The summed E-state index contributed by atoms with van der Waals surface area (Å²) in [5, 5.41) is 17.4. The number of aliphatic hydroxyl groups excluding tert-OH is 1. The standard InChI is InChI=1S/C33H36BrN3O4S/c34-25-19-33-27(26(28(25)42-33)30(39)35-20-21-10-4-3-5-11-21)32(41)37(16-8-1-2-9-17-38)29(33)31(40)36-24-15-14-22-12-6-7-13-23(22)18-24/h3-7,10-15,18,25-29,38H,1-2,8-9,16-17,19-20H2,(H,35,39)(H,36,40)/t25?,26-,27+,28-,29?,33?/m1/s1. The Morgan fingerprint density at radius 3 is 2.48 bits per heavy atom. The van der Waals surface area contributed by atoms with E-state index in [0.29, 0.717) is 25.2 Å². The number of rotatable bonds is 11. The highest BCUT2D eigenvalue weighted by Crippen LogP contribution is 2.67. The van der Waals surface area contributed by atoms with Crippen molar-refractivity contribution < 1.29 is 19.5 Å². The number of nitrogens with one attached hydrogen (secondary N) is 2. The number of hydrogen-bond donors (Lipinski definition) is 3. The van der Waals surface area contributed by atoms with Crippen molar-refractivity contribution in [3.05, 3.63) is 78.4 Å². The molecule has 3 amide bonds. The lowest BCUT2D eigenvalue weighted by molar-refractivity contribution is -0.139. The highest BCUT2D eigenvalue weighted by molar-refractivity contribution is 9.09. The molecule has 2 bridgehead atoms. The molecule has 3 aromatic rings. The Hall–Kier alpha value is -2.88. The van der Waals surface area contributed by atoms with Gasteiger partial charge in [0.2, 0.25) is 17.7 Å². The molecule has 3 saturated heterocycles. The molecule has 3 aliphatic heterocycles. The van der Waals surface area contributed by atoms with Crippen LogP contribution < -0.4 is 10.6 Å². The molecule has 220 valence electrons. The highest BCUT2D eigenvalue weighted by Gasteiger charge is 2.75. The molecule has 0 radical (unpaired) electrons. The second kappa shape index (κ2) is 12.4. The molecule has 3 fully saturated rings. The molecule has 42 heavy (non-hydrogen) atoms. The van der Waals surface area contributed by atoms with Gasteiger partial charge in [-0.25, -0.2) is 0 Å². The fourth-order valence-electron chi connectivity index (χ4n) is 7.10. The molecule has 0 aromatic heterocycles. The van der Waals surface area contributed by atoms with E-state index in [1.54, 1.807) is 16.7 Å². The monoisotopic (exact) mass is 649 g/mol. The number of alkyl halides is 1. The topological polar surface area (TPSA) is 98.7 Å². The quantitative estimate of drug-likeness (QED) is 0.198. The van der Waals surface area contributed by atoms with Crippen molar-refractivity contribution in [3.63, 3.8) is 0 Å². The van der Waals surface area contributed by atoms with E-state index in [0.717, 1.165) is 42.0 Å². The molecule has 3 aliphatic rings. The first kappa shape index (κ1) is 29.2. The van der Waals surface area contributed by atoms with Crippen LogP contribution in [0.25, 0.3) is 10.8 Å². The minimum absolute atomic E-state index is 0.0273. The van der Waals surface area contributed by atoms with Gasteiger partial charge < -0.3 is 20.6 Å². The van der Waals surface area contributed by atoms with Crippen molar-refractivity contribution in [1.82, 2.24) is 10.2 Å². The van der Waals surface area contributed by atoms with Gasteiger partial charge in [0.15, 0.2) is 0 Å². The van der Waals surface area contributed by atoms with Crippen LogP contribution in [0.5, 0.6) is 0 Å². The van der Waals surface area contributed by atoms with Crippen LogP contribution in [0.3, 0.4) is 0 Å². The number of carbonyl (C=O) groups is 3. The van der Waals surface area contributed by atoms with E-state index < -0.39 is 22.6 Å². The van der Waals surface area contributed by atoms with Gasteiger partial charge in [0.05, 0.1) is 16.6 Å². The number of amides is 3. The Labute approximate surface area is 258 Å². The number of unbranched alkanes of at least 4 members (excludes halogenated alkanes) is 3. The van der Waals surface area contributed by atoms with Crippen LogP contribution in [0.4, 0.5) is 5.69 Å². The predicted molar refractivity (Wildman–Crippen MR) is 170 cm³/mol. The average molecular weight is 651 g/mol. The predicted octanol–water partition coefficient (Wildman–Crippen LogP) is 5.11. The number of benzene rings is 3. The van der Waals surface area contributed by atoms with E-state index in [2.05, 4.69) is 26.6 Å². The first-order valence-electron chi connectivity index (χ1n) is 14.8. The number of hydrogen-bond acceptors (Lipinski definition) is 5. The van der Waals surface area contributed by atoms with Crippen molar-refractivity contribution in [3.8, 4) is 0 Å². The SMILES string of the molecule is O=C(Nc1ccc2ccccc2c1)C1N(CCCCCCO)C(=O)[C@@H]2[C@@H](C(=O)NCc3ccccc3)[C@@H]3SC12CC3Br. The van der Waals surface area contributed by atoms with Crippen molar-refractivity contribution in [1.29, 1.82) is 0 Å². The summed E-state index contributed by atoms with van der Waals surface area (Å²) < 4.78 is -0.684. The second-order valence-electron chi connectivity index (χ2n) is 11.6. The van der Waals surface area contributed by atoms with Gasteiger partial charge >= 0.3 is 0 Å². The molecular weight excluding hydrogens is 614 g/mol. The summed E-state index contributed by atoms with van der Waals surface area (Å²) >= 11 is 5.49. The van der Waals surface area contributed by atoms with Crippen LogP contribution in [0.2, 0.25) is 0 Å². The minimum atomic E-state index is -0.684. The largest absolute Gasteiger partial charge is 0.396 e. The summed E-state index contributed by atoms with van der Waals surface area (Å²) in [4.78, 5) is 43.9. The van der Waals surface area contributed by atoms with Gasteiger partial charge in [-0.05, 0) is 47.7 Å². The molecule has 0 aliphatic carbocycles. The van der Waals surface area contributed by atoms with Gasteiger partial charge in [-0.15, -0.1) is 11.8 Å². The fourth-order valence-corrected chi connectivity index (χ4v) is 10.7.